The van der Waals surface area contributed by atoms with E-state index in [1.165, 1.54) is 6.33 Å². The Hall–Kier alpha value is -1.25. The Kier molecular flexibility index (Phi) is 2.72. The molecule has 7 nitrogen and oxygen atoms in total. The molecule has 3 rings (SSSR count). The van der Waals surface area contributed by atoms with Gasteiger partial charge < -0.3 is 15.9 Å². The van der Waals surface area contributed by atoms with E-state index in [1.807, 2.05) is 0 Å². The van der Waals surface area contributed by atoms with Gasteiger partial charge in [0.1, 0.15) is 12.4 Å². The molecule has 2 aromatic rings. The molecule has 2 heterocycles. The van der Waals surface area contributed by atoms with Crippen LogP contribution in [0.1, 0.15) is 18.9 Å². The van der Waals surface area contributed by atoms with E-state index >= 15 is 0 Å². The third-order valence-electron chi connectivity index (χ3n) is 3.34. The van der Waals surface area contributed by atoms with Crippen molar-refractivity contribution in [2.24, 2.45) is 0 Å². The molecule has 0 amide bonds. The molecular formula is C10H12BrN5O2. The Morgan fingerprint density at radius 3 is 2.78 bits per heavy atom. The number of nitrogen functional groups attached to an aromatic ring is 1. The van der Waals surface area contributed by atoms with E-state index in [-0.39, 0.29) is 6.04 Å². The molecule has 0 aromatic carbocycles. The van der Waals surface area contributed by atoms with Gasteiger partial charge in [0.05, 0.1) is 12.1 Å². The Bertz CT molecular complexity index is 601. The SMILES string of the molecule is Nc1ncnc2c1nc(Br)n2[C@@H]1CC[C@@H](O)[C@H]1O. The molecule has 0 radical (unpaired) electrons. The van der Waals surface area contributed by atoms with E-state index in [0.717, 1.165) is 0 Å². The number of hydrogen-bond acceptors (Lipinski definition) is 6. The lowest BCUT2D eigenvalue weighted by molar-refractivity contribution is 0.0237. The smallest absolute Gasteiger partial charge is 0.179 e. The van der Waals surface area contributed by atoms with Crippen molar-refractivity contribution in [2.75, 3.05) is 5.73 Å². The number of imidazole rings is 1. The highest BCUT2D eigenvalue weighted by molar-refractivity contribution is 9.10. The van der Waals surface area contributed by atoms with Crippen LogP contribution in [0.5, 0.6) is 0 Å². The molecule has 1 aliphatic carbocycles. The van der Waals surface area contributed by atoms with Crippen LogP contribution in [0.4, 0.5) is 5.82 Å². The monoisotopic (exact) mass is 313 g/mol. The second-order valence-electron chi connectivity index (χ2n) is 4.38. The number of aromatic nitrogens is 4. The van der Waals surface area contributed by atoms with Crippen LogP contribution in [-0.4, -0.2) is 41.9 Å². The average Bonchev–Trinajstić information content (AvgIpc) is 2.83. The zero-order valence-electron chi connectivity index (χ0n) is 9.36. The quantitative estimate of drug-likeness (QED) is 0.650. The average molecular weight is 314 g/mol. The zero-order valence-corrected chi connectivity index (χ0v) is 10.9. The summed E-state index contributed by atoms with van der Waals surface area (Å²) in [5, 5.41) is 19.6. The first-order valence-electron chi connectivity index (χ1n) is 5.59. The Labute approximate surface area is 111 Å². The van der Waals surface area contributed by atoms with Crippen LogP contribution in [0.25, 0.3) is 11.2 Å². The van der Waals surface area contributed by atoms with E-state index in [2.05, 4.69) is 30.9 Å². The summed E-state index contributed by atoms with van der Waals surface area (Å²) in [6, 6.07) is -0.256. The number of anilines is 1. The largest absolute Gasteiger partial charge is 0.390 e. The van der Waals surface area contributed by atoms with Gasteiger partial charge in [-0.05, 0) is 28.8 Å². The van der Waals surface area contributed by atoms with Crippen LogP contribution in [0.2, 0.25) is 0 Å². The fraction of sp³-hybridized carbons (Fsp3) is 0.500. The summed E-state index contributed by atoms with van der Waals surface area (Å²) >= 11 is 3.34. The summed E-state index contributed by atoms with van der Waals surface area (Å²) < 4.78 is 2.29. The van der Waals surface area contributed by atoms with Crippen LogP contribution in [0.3, 0.4) is 0 Å². The molecule has 96 valence electrons. The number of aliphatic hydroxyl groups excluding tert-OH is 2. The predicted molar refractivity (Wildman–Crippen MR) is 67.7 cm³/mol. The molecule has 0 spiro atoms. The summed E-state index contributed by atoms with van der Waals surface area (Å²) in [4.78, 5) is 12.3. The molecule has 0 saturated heterocycles. The summed E-state index contributed by atoms with van der Waals surface area (Å²) in [5.74, 6) is 0.299. The number of halogens is 1. The second-order valence-corrected chi connectivity index (χ2v) is 5.09. The number of hydrogen-bond donors (Lipinski definition) is 3. The van der Waals surface area contributed by atoms with E-state index in [1.54, 1.807) is 4.57 Å². The molecule has 4 N–H and O–H groups in total. The van der Waals surface area contributed by atoms with Crippen molar-refractivity contribution in [1.82, 2.24) is 19.5 Å². The summed E-state index contributed by atoms with van der Waals surface area (Å²) in [5.41, 5.74) is 6.80. The van der Waals surface area contributed by atoms with Crippen molar-refractivity contribution in [3.05, 3.63) is 11.1 Å². The van der Waals surface area contributed by atoms with E-state index < -0.39 is 12.2 Å². The van der Waals surface area contributed by atoms with Gasteiger partial charge in [-0.1, -0.05) is 0 Å². The van der Waals surface area contributed by atoms with Crippen LogP contribution in [-0.2, 0) is 0 Å². The zero-order chi connectivity index (χ0) is 12.9. The third kappa shape index (κ3) is 1.60. The van der Waals surface area contributed by atoms with Gasteiger partial charge in [-0.15, -0.1) is 0 Å². The van der Waals surface area contributed by atoms with Gasteiger partial charge in [0, 0.05) is 0 Å². The lowest BCUT2D eigenvalue weighted by Crippen LogP contribution is -2.27. The van der Waals surface area contributed by atoms with Crippen molar-refractivity contribution in [3.63, 3.8) is 0 Å². The van der Waals surface area contributed by atoms with Gasteiger partial charge in [-0.25, -0.2) is 15.0 Å². The fourth-order valence-corrected chi connectivity index (χ4v) is 3.02. The highest BCUT2D eigenvalue weighted by atomic mass is 79.9. The molecule has 1 fully saturated rings. The molecule has 0 unspecified atom stereocenters. The van der Waals surface area contributed by atoms with Gasteiger partial charge in [-0.3, -0.25) is 4.57 Å². The van der Waals surface area contributed by atoms with Crippen molar-refractivity contribution in [3.8, 4) is 0 Å². The fourth-order valence-electron chi connectivity index (χ4n) is 2.41. The van der Waals surface area contributed by atoms with Gasteiger partial charge in [0.25, 0.3) is 0 Å². The first-order valence-corrected chi connectivity index (χ1v) is 6.39. The minimum Gasteiger partial charge on any atom is -0.390 e. The lowest BCUT2D eigenvalue weighted by atomic mass is 10.2. The van der Waals surface area contributed by atoms with Crippen LogP contribution >= 0.6 is 15.9 Å². The minimum atomic E-state index is -0.824. The normalized spacial score (nSPS) is 28.1. The number of nitrogens with two attached hydrogens (primary N) is 1. The lowest BCUT2D eigenvalue weighted by Gasteiger charge is -2.19. The number of aliphatic hydroxyl groups is 2. The Morgan fingerprint density at radius 1 is 1.33 bits per heavy atom. The standard InChI is InChI=1S/C10H12BrN5O2/c11-10-15-6-8(12)13-3-14-9(6)16(10)4-1-2-5(17)7(4)18/h3-5,7,17-18H,1-2H2,(H2,12,13,14)/t4-,5-,7+/m1/s1. The topological polar surface area (TPSA) is 110 Å². The molecule has 2 aromatic heterocycles. The molecule has 1 saturated carbocycles. The van der Waals surface area contributed by atoms with E-state index in [9.17, 15) is 10.2 Å². The maximum Gasteiger partial charge on any atom is 0.179 e. The first-order chi connectivity index (χ1) is 8.59. The second kappa shape index (κ2) is 4.15. The van der Waals surface area contributed by atoms with Gasteiger partial charge >= 0.3 is 0 Å². The maximum atomic E-state index is 9.99. The number of fused-ring (bicyclic) bond motifs is 1. The van der Waals surface area contributed by atoms with Crippen molar-refractivity contribution < 1.29 is 10.2 Å². The van der Waals surface area contributed by atoms with Gasteiger partial charge in [0.15, 0.2) is 21.7 Å². The molecule has 3 atom stereocenters. The first kappa shape index (κ1) is 11.8. The summed E-state index contributed by atoms with van der Waals surface area (Å²) in [6.07, 6.45) is 1.04. The van der Waals surface area contributed by atoms with Crippen molar-refractivity contribution in [1.29, 1.82) is 0 Å². The highest BCUT2D eigenvalue weighted by Gasteiger charge is 2.36. The third-order valence-corrected chi connectivity index (χ3v) is 3.90. The molecule has 0 bridgehead atoms. The van der Waals surface area contributed by atoms with Crippen LogP contribution < -0.4 is 5.73 Å². The van der Waals surface area contributed by atoms with Crippen LogP contribution in [0, 0.1) is 0 Å². The van der Waals surface area contributed by atoms with E-state index in [0.29, 0.717) is 34.6 Å². The predicted octanol–water partition coefficient (Wildman–Crippen LogP) is 0.228. The molecule has 8 heteroatoms. The Morgan fingerprint density at radius 2 is 2.11 bits per heavy atom. The maximum absolute atomic E-state index is 9.99. The highest BCUT2D eigenvalue weighted by Crippen LogP contribution is 2.35. The minimum absolute atomic E-state index is 0.256. The van der Waals surface area contributed by atoms with Gasteiger partial charge in [0.2, 0.25) is 0 Å². The molecule has 18 heavy (non-hydrogen) atoms. The van der Waals surface area contributed by atoms with E-state index in [4.69, 9.17) is 5.73 Å². The van der Waals surface area contributed by atoms with Crippen molar-refractivity contribution >= 4 is 32.9 Å². The van der Waals surface area contributed by atoms with Crippen LogP contribution in [0.15, 0.2) is 11.1 Å². The number of rotatable bonds is 1. The summed E-state index contributed by atoms with van der Waals surface area (Å²) in [6.45, 7) is 0. The summed E-state index contributed by atoms with van der Waals surface area (Å²) in [7, 11) is 0. The molecule has 0 aliphatic heterocycles. The van der Waals surface area contributed by atoms with Crippen molar-refractivity contribution in [2.45, 2.75) is 31.1 Å². The van der Waals surface area contributed by atoms with Gasteiger partial charge in [-0.2, -0.15) is 0 Å². The number of nitrogens with zero attached hydrogens (tertiary/aromatic N) is 4. The molecular weight excluding hydrogens is 302 g/mol. The molecule has 1 aliphatic rings. The Balaban J connectivity index is 2.17.